The molecule has 2 unspecified atom stereocenters. The van der Waals surface area contributed by atoms with Crippen LogP contribution in [0.5, 0.6) is 0 Å². The van der Waals surface area contributed by atoms with Gasteiger partial charge in [0, 0.05) is 0 Å². The first-order valence-corrected chi connectivity index (χ1v) is 6.94. The number of rotatable bonds is 0. The molecule has 0 aromatic rings. The molecule has 0 amide bonds. The van der Waals surface area contributed by atoms with Crippen LogP contribution in [0.4, 0.5) is 0 Å². The van der Waals surface area contributed by atoms with E-state index in [1.54, 1.807) is 0 Å². The van der Waals surface area contributed by atoms with Gasteiger partial charge < -0.3 is 0 Å². The molecule has 2 atom stereocenters. The average molecular weight is 168 g/mol. The summed E-state index contributed by atoms with van der Waals surface area (Å²) in [4.78, 5) is 0. The fourth-order valence-electron chi connectivity index (χ4n) is 2.69. The molecule has 0 spiro atoms. The Labute approximate surface area is 72.8 Å². The molecule has 1 saturated carbocycles. The Morgan fingerprint density at radius 1 is 1.27 bits per heavy atom. The van der Waals surface area contributed by atoms with E-state index in [-0.39, 0.29) is 0 Å². The lowest BCUT2D eigenvalue weighted by molar-refractivity contribution is 0.287. The van der Waals surface area contributed by atoms with E-state index in [0.29, 0.717) is 0 Å². The SMILES string of the molecule is [B]S1(C)CC(C)CC2CC1C2. The van der Waals surface area contributed by atoms with Crippen LogP contribution in [0.1, 0.15) is 26.2 Å². The average Bonchev–Trinajstić information content (AvgIpc) is 1.88. The van der Waals surface area contributed by atoms with E-state index >= 15 is 0 Å². The third-order valence-corrected chi connectivity index (χ3v) is 6.53. The van der Waals surface area contributed by atoms with Crippen LogP contribution in [0.15, 0.2) is 0 Å². The van der Waals surface area contributed by atoms with Gasteiger partial charge in [-0.15, -0.1) is 0 Å². The van der Waals surface area contributed by atoms with Gasteiger partial charge in [0.25, 0.3) is 0 Å². The summed E-state index contributed by atoms with van der Waals surface area (Å²) in [6, 6.07) is 0. The zero-order valence-electron chi connectivity index (χ0n) is 7.55. The summed E-state index contributed by atoms with van der Waals surface area (Å²) in [5, 5.41) is 0.928. The second-order valence-electron chi connectivity index (χ2n) is 4.70. The summed E-state index contributed by atoms with van der Waals surface area (Å²) in [6.45, 7) is 2.37. The van der Waals surface area contributed by atoms with Crippen molar-refractivity contribution in [2.24, 2.45) is 11.8 Å². The Morgan fingerprint density at radius 3 is 2.55 bits per heavy atom. The topological polar surface area (TPSA) is 0 Å². The van der Waals surface area contributed by atoms with Crippen molar-refractivity contribution < 1.29 is 0 Å². The molecule has 2 heterocycles. The highest BCUT2D eigenvalue weighted by atomic mass is 32.3. The normalized spacial score (nSPS) is 62.2. The van der Waals surface area contributed by atoms with Crippen molar-refractivity contribution in [3.8, 4) is 0 Å². The van der Waals surface area contributed by atoms with Crippen molar-refractivity contribution in [1.29, 1.82) is 0 Å². The van der Waals surface area contributed by atoms with Crippen LogP contribution in [0, 0.1) is 11.8 Å². The van der Waals surface area contributed by atoms with Crippen LogP contribution in [-0.2, 0) is 0 Å². The molecule has 3 aliphatic rings. The standard InChI is InChI=1S/C9H17BS/c1-7-3-8-4-9(5-8)11(2,10)6-7/h7-9H,3-6H2,1-2H3. The maximum Gasteiger partial charge on any atom is 0.137 e. The van der Waals surface area contributed by atoms with Crippen LogP contribution in [-0.4, -0.2) is 24.4 Å². The zero-order chi connectivity index (χ0) is 8.06. The van der Waals surface area contributed by atoms with E-state index in [9.17, 15) is 0 Å². The lowest BCUT2D eigenvalue weighted by atomic mass is 9.79. The minimum Gasteiger partial charge on any atom is -0.283 e. The van der Waals surface area contributed by atoms with Crippen molar-refractivity contribution in [3.05, 3.63) is 0 Å². The predicted molar refractivity (Wildman–Crippen MR) is 54.4 cm³/mol. The van der Waals surface area contributed by atoms with Gasteiger partial charge in [0.05, 0.1) is 0 Å². The van der Waals surface area contributed by atoms with Crippen LogP contribution in [0.25, 0.3) is 0 Å². The van der Waals surface area contributed by atoms with Gasteiger partial charge in [0.2, 0.25) is 0 Å². The maximum atomic E-state index is 6.33. The number of fused-ring (bicyclic) bond motifs is 3. The molecule has 3 rings (SSSR count). The summed E-state index contributed by atoms with van der Waals surface area (Å²) in [7, 11) is 5.65. The van der Waals surface area contributed by atoms with Gasteiger partial charge in [-0.1, -0.05) is 6.92 Å². The first-order chi connectivity index (χ1) is 5.08. The van der Waals surface area contributed by atoms with Gasteiger partial charge >= 0.3 is 0 Å². The van der Waals surface area contributed by atoms with Gasteiger partial charge in [-0.05, 0) is 48.4 Å². The molecule has 1 aliphatic carbocycles. The number of hydrogen-bond acceptors (Lipinski definition) is 0. The fraction of sp³-hybridized carbons (Fsp3) is 1.00. The minimum absolute atomic E-state index is 0.681. The van der Waals surface area contributed by atoms with Crippen molar-refractivity contribution in [3.63, 3.8) is 0 Å². The lowest BCUT2D eigenvalue weighted by Gasteiger charge is -2.46. The molecule has 2 bridgehead atoms. The summed E-state index contributed by atoms with van der Waals surface area (Å²) >= 11 is 0. The third kappa shape index (κ3) is 1.35. The molecule has 2 aliphatic heterocycles. The second kappa shape index (κ2) is 2.45. The van der Waals surface area contributed by atoms with Gasteiger partial charge in [0.1, 0.15) is 7.12 Å². The molecule has 0 aromatic heterocycles. The van der Waals surface area contributed by atoms with E-state index in [1.165, 1.54) is 25.0 Å². The number of hydrogen-bond donors (Lipinski definition) is 0. The monoisotopic (exact) mass is 168 g/mol. The Morgan fingerprint density at radius 2 is 1.91 bits per heavy atom. The highest BCUT2D eigenvalue weighted by molar-refractivity contribution is 8.50. The maximum absolute atomic E-state index is 6.33. The molecule has 0 aromatic carbocycles. The summed E-state index contributed by atoms with van der Waals surface area (Å²) in [5.41, 5.74) is 0. The van der Waals surface area contributed by atoms with E-state index < -0.39 is 9.88 Å². The largest absolute Gasteiger partial charge is 0.283 e. The Kier molecular flexibility index (Phi) is 1.79. The molecular weight excluding hydrogens is 151 g/mol. The molecule has 2 heteroatoms. The highest BCUT2D eigenvalue weighted by Gasteiger charge is 2.41. The zero-order valence-corrected chi connectivity index (χ0v) is 8.36. The first kappa shape index (κ1) is 8.03. The van der Waals surface area contributed by atoms with E-state index in [2.05, 4.69) is 13.2 Å². The van der Waals surface area contributed by atoms with Crippen molar-refractivity contribution in [2.75, 3.05) is 12.0 Å². The third-order valence-electron chi connectivity index (χ3n) is 3.33. The van der Waals surface area contributed by atoms with E-state index in [4.69, 9.17) is 7.12 Å². The van der Waals surface area contributed by atoms with Crippen molar-refractivity contribution in [2.45, 2.75) is 31.4 Å². The van der Waals surface area contributed by atoms with Crippen LogP contribution in [0.3, 0.4) is 0 Å². The molecule has 3 fully saturated rings. The van der Waals surface area contributed by atoms with Crippen LogP contribution >= 0.6 is 9.88 Å². The van der Waals surface area contributed by atoms with Crippen LogP contribution < -0.4 is 0 Å². The molecule has 62 valence electrons. The molecule has 2 radical (unpaired) electrons. The quantitative estimate of drug-likeness (QED) is 0.487. The van der Waals surface area contributed by atoms with Gasteiger partial charge in [-0.2, -0.15) is 0 Å². The van der Waals surface area contributed by atoms with Gasteiger partial charge in [-0.25, -0.2) is 0 Å². The first-order valence-electron chi connectivity index (χ1n) is 4.60. The van der Waals surface area contributed by atoms with Gasteiger partial charge in [-0.3, -0.25) is 9.88 Å². The van der Waals surface area contributed by atoms with E-state index in [0.717, 1.165) is 17.1 Å². The highest BCUT2D eigenvalue weighted by Crippen LogP contribution is 2.60. The molecular formula is C9H17BS. The molecule has 0 N–H and O–H groups in total. The molecule has 2 saturated heterocycles. The summed E-state index contributed by atoms with van der Waals surface area (Å²) in [5.74, 6) is 3.28. The Balaban J connectivity index is 2.12. The molecule has 0 nitrogen and oxygen atoms in total. The molecule has 11 heavy (non-hydrogen) atoms. The summed E-state index contributed by atoms with van der Waals surface area (Å²) < 4.78 is 0. The Bertz CT molecular complexity index is 161. The smallest absolute Gasteiger partial charge is 0.137 e. The minimum atomic E-state index is -0.681. The van der Waals surface area contributed by atoms with E-state index in [1.807, 2.05) is 0 Å². The summed E-state index contributed by atoms with van der Waals surface area (Å²) in [6.07, 6.45) is 6.69. The lowest BCUT2D eigenvalue weighted by Crippen LogP contribution is -2.31. The van der Waals surface area contributed by atoms with Crippen molar-refractivity contribution >= 4 is 17.0 Å². The Hall–Kier alpha value is 0.415. The second-order valence-corrected chi connectivity index (χ2v) is 8.16. The van der Waals surface area contributed by atoms with Gasteiger partial charge in [0.15, 0.2) is 0 Å². The van der Waals surface area contributed by atoms with Crippen LogP contribution in [0.2, 0.25) is 0 Å². The predicted octanol–water partition coefficient (Wildman–Crippen LogP) is 2.32. The van der Waals surface area contributed by atoms with Crippen molar-refractivity contribution in [1.82, 2.24) is 0 Å². The fourth-order valence-corrected chi connectivity index (χ4v) is 5.75.